The lowest BCUT2D eigenvalue weighted by atomic mass is 9.82. The fraction of sp³-hybridized carbons (Fsp3) is 0.686. The van der Waals surface area contributed by atoms with Crippen LogP contribution in [0.1, 0.15) is 79.1 Å². The molecule has 3 rings (SSSR count). The average molecular weight is 994 g/mol. The first-order valence-corrected chi connectivity index (χ1v) is 24.4. The molecule has 0 spiro atoms. The average Bonchev–Trinajstić information content (AvgIpc) is 3.27. The van der Waals surface area contributed by atoms with Gasteiger partial charge in [-0.05, 0) is 53.6 Å². The van der Waals surface area contributed by atoms with Gasteiger partial charge in [-0.2, -0.15) is 0 Å². The number of fused-ring (bicyclic) bond motifs is 2. The first kappa shape index (κ1) is 60.8. The third-order valence-corrected chi connectivity index (χ3v) is 12.9. The van der Waals surface area contributed by atoms with E-state index in [1.165, 1.54) is 0 Å². The topological polar surface area (TPSA) is 315 Å². The molecule has 0 radical (unpaired) electrons. The molecule has 0 unspecified atom stereocenters. The zero-order valence-electron chi connectivity index (χ0n) is 41.5. The summed E-state index contributed by atoms with van der Waals surface area (Å²) in [5, 5.41) is 113. The van der Waals surface area contributed by atoms with Crippen molar-refractivity contribution in [2.45, 2.75) is 177 Å². The highest BCUT2D eigenvalue weighted by atomic mass is 16.7. The summed E-state index contributed by atoms with van der Waals surface area (Å²) >= 11 is 0. The minimum Gasteiger partial charge on any atom is -0.462 e. The largest absolute Gasteiger partial charge is 0.462 e. The maximum Gasteiger partial charge on any atom is 0.308 e. The van der Waals surface area contributed by atoms with Gasteiger partial charge in [-0.3, -0.25) is 9.59 Å². The smallest absolute Gasteiger partial charge is 0.308 e. The molecule has 0 aromatic rings. The number of amides is 1. The highest BCUT2D eigenvalue weighted by Crippen LogP contribution is 2.38. The third kappa shape index (κ3) is 20.9. The standard InChI is InChI=1S/C51H83N3O16/c1-31-19-17-15-13-11-9-7-8-10-12-14-16-18-20-38(69-50-48(64)45(52)47(63)34(4)68-50)28-42-44(49(65)53-23-24-54(5)6)41(60)30-51(66,70-42)29-40(59)39(58)22-21-35(55)25-36(56)26-37(57)27-43(61)67-33(3)32(2)46(31)62/h7-20,31-42,44-48,50,55-60,62-64,66H,21-30,52H2,1-6H3,(H,53,65)/b8-7+,11-9+,12-10+,15-13+,16-14+,19-17+,20-18+/t31-,32-,33-,34+,35+,36+,37+,38-,39+,40+,41-,42-,44+,45-,46+,47+,48-,50+,51+/m0/s1. The Morgan fingerprint density at radius 2 is 1.27 bits per heavy atom. The predicted octanol–water partition coefficient (Wildman–Crippen LogP) is 0.305. The van der Waals surface area contributed by atoms with Crippen LogP contribution < -0.4 is 11.1 Å². The second kappa shape index (κ2) is 30.5. The van der Waals surface area contributed by atoms with Gasteiger partial charge in [0.25, 0.3) is 0 Å². The van der Waals surface area contributed by atoms with Crippen molar-refractivity contribution in [2.75, 3.05) is 27.2 Å². The zero-order valence-corrected chi connectivity index (χ0v) is 41.5. The molecule has 2 fully saturated rings. The number of carbonyl (C=O) groups is 2. The van der Waals surface area contributed by atoms with Crippen molar-refractivity contribution in [2.24, 2.45) is 23.5 Å². The van der Waals surface area contributed by atoms with E-state index in [0.29, 0.717) is 6.54 Å². The maximum atomic E-state index is 13.8. The molecule has 1 amide bonds. The van der Waals surface area contributed by atoms with Crippen LogP contribution in [0.5, 0.6) is 0 Å². The molecule has 398 valence electrons. The maximum absolute atomic E-state index is 13.8. The number of nitrogens with one attached hydrogen (secondary N) is 1. The van der Waals surface area contributed by atoms with E-state index in [2.05, 4.69) is 5.32 Å². The van der Waals surface area contributed by atoms with Crippen molar-refractivity contribution >= 4 is 11.9 Å². The van der Waals surface area contributed by atoms with Crippen molar-refractivity contribution in [3.05, 3.63) is 85.1 Å². The SMILES string of the molecule is C[C@@H]1[C@H](O)[C@@H](C)/C=C/C=C/C=C/C=C/C=C/C=C/C=C/[C@H](O[C@H]2O[C@H](C)[C@@H](O)[C@H](N)[C@@H]2O)C[C@@H]2O[C@](O)(C[C@@H](O)[C@H](O)CC[C@@H](O)C[C@@H](O)C[C@@H](O)CC(=O)O[C@H]1C)C[C@H](O)[C@H]2C(=O)NCCN(C)C. The Morgan fingerprint density at radius 3 is 1.87 bits per heavy atom. The summed E-state index contributed by atoms with van der Waals surface area (Å²) in [7, 11) is 3.65. The Morgan fingerprint density at radius 1 is 0.714 bits per heavy atom. The molecule has 0 aromatic carbocycles. The summed E-state index contributed by atoms with van der Waals surface area (Å²) in [6, 6.07) is -1.13. The summed E-state index contributed by atoms with van der Waals surface area (Å²) in [6.45, 7) is 7.50. The van der Waals surface area contributed by atoms with E-state index in [9.17, 15) is 60.7 Å². The monoisotopic (exact) mass is 994 g/mol. The van der Waals surface area contributed by atoms with Gasteiger partial charge in [0.2, 0.25) is 5.91 Å². The van der Waals surface area contributed by atoms with E-state index in [1.54, 1.807) is 63.3 Å². The summed E-state index contributed by atoms with van der Waals surface area (Å²) in [5.41, 5.74) is 6.11. The lowest BCUT2D eigenvalue weighted by molar-refractivity contribution is -0.308. The second-order valence-corrected chi connectivity index (χ2v) is 19.3. The molecule has 3 heterocycles. The molecule has 2 saturated heterocycles. The number of ether oxygens (including phenoxy) is 4. The van der Waals surface area contributed by atoms with Crippen LogP contribution in [0.4, 0.5) is 0 Å². The van der Waals surface area contributed by atoms with Crippen molar-refractivity contribution in [3.63, 3.8) is 0 Å². The van der Waals surface area contributed by atoms with Crippen molar-refractivity contribution in [3.8, 4) is 0 Å². The van der Waals surface area contributed by atoms with E-state index in [1.807, 2.05) is 68.5 Å². The first-order chi connectivity index (χ1) is 33.0. The van der Waals surface area contributed by atoms with Crippen LogP contribution in [0.2, 0.25) is 0 Å². The number of nitrogens with two attached hydrogens (primary N) is 1. The van der Waals surface area contributed by atoms with Gasteiger partial charge >= 0.3 is 5.97 Å². The minimum absolute atomic E-state index is 0.119. The van der Waals surface area contributed by atoms with Crippen molar-refractivity contribution in [1.29, 1.82) is 0 Å². The molecule has 0 aromatic heterocycles. The van der Waals surface area contributed by atoms with Crippen LogP contribution in [0.3, 0.4) is 0 Å². The number of esters is 1. The van der Waals surface area contributed by atoms with Gasteiger partial charge in [-0.25, -0.2) is 0 Å². The molecule has 3 aliphatic heterocycles. The number of cyclic esters (lactones) is 1. The molecule has 2 bridgehead atoms. The van der Waals surface area contributed by atoms with E-state index >= 15 is 0 Å². The Bertz CT molecular complexity index is 1770. The van der Waals surface area contributed by atoms with Crippen molar-refractivity contribution < 1.29 is 79.6 Å². The van der Waals surface area contributed by atoms with E-state index in [0.717, 1.165) is 0 Å². The molecule has 0 saturated carbocycles. The molecule has 13 N–H and O–H groups in total. The number of rotatable bonds is 6. The number of nitrogens with zero attached hydrogens (tertiary/aromatic N) is 1. The normalized spacial score (nSPS) is 43.1. The Balaban J connectivity index is 1.93. The van der Waals surface area contributed by atoms with Gasteiger partial charge in [0.1, 0.15) is 12.2 Å². The lowest BCUT2D eigenvalue weighted by Gasteiger charge is -2.46. The minimum atomic E-state index is -2.29. The highest BCUT2D eigenvalue weighted by molar-refractivity contribution is 5.80. The Labute approximate surface area is 413 Å². The fourth-order valence-electron chi connectivity index (χ4n) is 8.50. The highest BCUT2D eigenvalue weighted by Gasteiger charge is 2.51. The number of likely N-dealkylation sites (N-methyl/N-ethyl adjacent to an activating group) is 1. The van der Waals surface area contributed by atoms with Crippen LogP contribution in [0.15, 0.2) is 85.1 Å². The molecular weight excluding hydrogens is 911 g/mol. The number of aliphatic hydroxyl groups is 10. The summed E-state index contributed by atoms with van der Waals surface area (Å²) < 4.78 is 23.7. The number of hydrogen-bond acceptors (Lipinski definition) is 18. The first-order valence-electron chi connectivity index (χ1n) is 24.4. The van der Waals surface area contributed by atoms with E-state index in [4.69, 9.17) is 24.7 Å². The van der Waals surface area contributed by atoms with Crippen LogP contribution in [-0.2, 0) is 28.5 Å². The van der Waals surface area contributed by atoms with Gasteiger partial charge < -0.3 is 86.0 Å². The molecule has 0 aliphatic carbocycles. The van der Waals surface area contributed by atoms with Gasteiger partial charge in [0.05, 0.1) is 85.5 Å². The molecule has 19 nitrogen and oxygen atoms in total. The Kier molecular flexibility index (Phi) is 26.5. The van der Waals surface area contributed by atoms with Crippen LogP contribution >= 0.6 is 0 Å². The fourth-order valence-corrected chi connectivity index (χ4v) is 8.50. The molecular formula is C51H83N3O16. The van der Waals surface area contributed by atoms with Gasteiger partial charge in [-0.15, -0.1) is 0 Å². The predicted molar refractivity (Wildman–Crippen MR) is 261 cm³/mol. The second-order valence-electron chi connectivity index (χ2n) is 19.3. The lowest BCUT2D eigenvalue weighted by Crippen LogP contribution is -2.62. The molecule has 70 heavy (non-hydrogen) atoms. The summed E-state index contributed by atoms with van der Waals surface area (Å²) in [5.74, 6) is -5.60. The molecule has 19 heteroatoms. The van der Waals surface area contributed by atoms with Gasteiger partial charge in [-0.1, -0.05) is 98.9 Å². The molecule has 3 aliphatic rings. The third-order valence-electron chi connectivity index (χ3n) is 12.9. The number of aliphatic hydroxyl groups excluding tert-OH is 9. The van der Waals surface area contributed by atoms with Gasteiger partial charge in [0, 0.05) is 44.2 Å². The number of hydrogen-bond donors (Lipinski definition) is 12. The van der Waals surface area contributed by atoms with Crippen LogP contribution in [0, 0.1) is 17.8 Å². The summed E-state index contributed by atoms with van der Waals surface area (Å²) in [6.07, 6.45) is 4.94. The van der Waals surface area contributed by atoms with Gasteiger partial charge in [0.15, 0.2) is 12.1 Å². The molecule has 19 atom stereocenters. The van der Waals surface area contributed by atoms with Crippen LogP contribution in [0.25, 0.3) is 0 Å². The van der Waals surface area contributed by atoms with Crippen molar-refractivity contribution in [1.82, 2.24) is 10.2 Å². The van der Waals surface area contributed by atoms with E-state index < -0.39 is 140 Å². The summed E-state index contributed by atoms with van der Waals surface area (Å²) in [4.78, 5) is 28.3. The quantitative estimate of drug-likeness (QED) is 0.159. The van der Waals surface area contributed by atoms with E-state index in [-0.39, 0.29) is 44.6 Å². The van der Waals surface area contributed by atoms with Crippen LogP contribution in [-0.4, -0.2) is 192 Å². The number of allylic oxidation sites excluding steroid dienone is 12. The zero-order chi connectivity index (χ0) is 52.1. The Hall–Kier alpha value is -3.48. The number of carbonyl (C=O) groups excluding carboxylic acids is 2.